The first-order chi connectivity index (χ1) is 9.86. The molecule has 0 aliphatic heterocycles. The van der Waals surface area contributed by atoms with Gasteiger partial charge in [0, 0.05) is 18.6 Å². The molecule has 7 nitrogen and oxygen atoms in total. The Morgan fingerprint density at radius 2 is 2.24 bits per heavy atom. The summed E-state index contributed by atoms with van der Waals surface area (Å²) in [6.45, 7) is 1.77. The van der Waals surface area contributed by atoms with Crippen LogP contribution < -0.4 is 10.5 Å². The lowest BCUT2D eigenvalue weighted by atomic mass is 10.2. The highest BCUT2D eigenvalue weighted by Crippen LogP contribution is 2.32. The number of nitro benzene ring substituents is 1. The van der Waals surface area contributed by atoms with Crippen molar-refractivity contribution >= 4 is 27.6 Å². The van der Waals surface area contributed by atoms with Crippen LogP contribution in [0.3, 0.4) is 0 Å². The van der Waals surface area contributed by atoms with Crippen LogP contribution in [-0.2, 0) is 9.53 Å². The van der Waals surface area contributed by atoms with Gasteiger partial charge in [-0.15, -0.1) is 0 Å². The zero-order chi connectivity index (χ0) is 16.0. The van der Waals surface area contributed by atoms with Crippen molar-refractivity contribution in [2.24, 2.45) is 5.73 Å². The second-order valence-electron chi connectivity index (χ2n) is 3.99. The van der Waals surface area contributed by atoms with Crippen LogP contribution in [0.4, 0.5) is 10.1 Å². The van der Waals surface area contributed by atoms with Gasteiger partial charge >= 0.3 is 11.7 Å². The van der Waals surface area contributed by atoms with E-state index in [1.54, 1.807) is 6.92 Å². The molecule has 0 heterocycles. The summed E-state index contributed by atoms with van der Waals surface area (Å²) in [4.78, 5) is 21.5. The van der Waals surface area contributed by atoms with Gasteiger partial charge in [-0.3, -0.25) is 14.9 Å². The summed E-state index contributed by atoms with van der Waals surface area (Å²) in [5.74, 6) is -1.50. The highest BCUT2D eigenvalue weighted by molar-refractivity contribution is 9.10. The maximum absolute atomic E-state index is 13.4. The van der Waals surface area contributed by atoms with Crippen molar-refractivity contribution in [1.82, 2.24) is 0 Å². The molecule has 0 fully saturated rings. The average molecular weight is 365 g/mol. The fourth-order valence-electron chi connectivity index (χ4n) is 1.44. The first-order valence-corrected chi connectivity index (χ1v) is 6.84. The van der Waals surface area contributed by atoms with E-state index in [1.807, 2.05) is 0 Å². The zero-order valence-corrected chi connectivity index (χ0v) is 12.8. The molecule has 9 heteroatoms. The summed E-state index contributed by atoms with van der Waals surface area (Å²) >= 11 is 2.86. The molecule has 0 radical (unpaired) electrons. The van der Waals surface area contributed by atoms with Crippen LogP contribution in [0.5, 0.6) is 5.75 Å². The van der Waals surface area contributed by atoms with Crippen molar-refractivity contribution in [3.63, 3.8) is 0 Å². The number of benzene rings is 1. The van der Waals surface area contributed by atoms with Gasteiger partial charge in [-0.1, -0.05) is 0 Å². The summed E-state index contributed by atoms with van der Waals surface area (Å²) in [6, 6.07) is 1.01. The van der Waals surface area contributed by atoms with E-state index in [2.05, 4.69) is 15.9 Å². The Balaban J connectivity index is 2.69. The Morgan fingerprint density at radius 1 is 1.57 bits per heavy atom. The fourth-order valence-corrected chi connectivity index (χ4v) is 1.77. The van der Waals surface area contributed by atoms with E-state index in [0.29, 0.717) is 0 Å². The molecule has 1 aromatic carbocycles. The van der Waals surface area contributed by atoms with Gasteiger partial charge in [-0.25, -0.2) is 4.39 Å². The predicted octanol–water partition coefficient (Wildman–Crippen LogP) is 2.16. The number of halogens is 2. The molecule has 0 saturated heterocycles. The van der Waals surface area contributed by atoms with Crippen molar-refractivity contribution in [3.8, 4) is 5.75 Å². The smallest absolute Gasteiger partial charge is 0.323 e. The Hall–Kier alpha value is -1.74. The van der Waals surface area contributed by atoms with E-state index in [-0.39, 0.29) is 35.5 Å². The molecule has 1 aromatic rings. The second-order valence-corrected chi connectivity index (χ2v) is 4.84. The van der Waals surface area contributed by atoms with E-state index in [1.165, 1.54) is 0 Å². The molecule has 0 aliphatic rings. The lowest BCUT2D eigenvalue weighted by Crippen LogP contribution is -2.33. The maximum atomic E-state index is 13.4. The Bertz CT molecular complexity index is 541. The SMILES string of the molecule is CCOC(=O)C(N)CCOc1cc(F)c(Br)cc1[N+](=O)[O-]. The Morgan fingerprint density at radius 3 is 2.81 bits per heavy atom. The molecule has 21 heavy (non-hydrogen) atoms. The van der Waals surface area contributed by atoms with E-state index < -0.39 is 22.8 Å². The molecule has 0 spiro atoms. The third-order valence-corrected chi connectivity index (χ3v) is 3.08. The number of hydrogen-bond donors (Lipinski definition) is 1. The topological polar surface area (TPSA) is 105 Å². The van der Waals surface area contributed by atoms with E-state index in [4.69, 9.17) is 15.2 Å². The van der Waals surface area contributed by atoms with Crippen molar-refractivity contribution < 1.29 is 23.6 Å². The molecule has 2 N–H and O–H groups in total. The van der Waals surface area contributed by atoms with E-state index in [0.717, 1.165) is 12.1 Å². The van der Waals surface area contributed by atoms with Gasteiger partial charge in [0.2, 0.25) is 0 Å². The van der Waals surface area contributed by atoms with E-state index >= 15 is 0 Å². The lowest BCUT2D eigenvalue weighted by Gasteiger charge is -2.11. The predicted molar refractivity (Wildman–Crippen MR) is 75.5 cm³/mol. The summed E-state index contributed by atoms with van der Waals surface area (Å²) in [7, 11) is 0. The van der Waals surface area contributed by atoms with Crippen LogP contribution in [0.15, 0.2) is 16.6 Å². The molecule has 1 unspecified atom stereocenters. The van der Waals surface area contributed by atoms with Gasteiger partial charge < -0.3 is 15.2 Å². The summed E-state index contributed by atoms with van der Waals surface area (Å²) in [5, 5.41) is 10.9. The van der Waals surface area contributed by atoms with Crippen LogP contribution in [0.2, 0.25) is 0 Å². The number of nitrogens with two attached hydrogens (primary N) is 1. The Labute approximate surface area is 128 Å². The highest BCUT2D eigenvalue weighted by atomic mass is 79.9. The van der Waals surface area contributed by atoms with Crippen molar-refractivity contribution in [3.05, 3.63) is 32.5 Å². The number of carbonyl (C=O) groups is 1. The summed E-state index contributed by atoms with van der Waals surface area (Å²) < 4.78 is 23.2. The minimum absolute atomic E-state index is 0.0372. The van der Waals surface area contributed by atoms with Gasteiger partial charge in [0.15, 0.2) is 5.75 Å². The van der Waals surface area contributed by atoms with Gasteiger partial charge in [-0.05, 0) is 22.9 Å². The summed E-state index contributed by atoms with van der Waals surface area (Å²) in [5.41, 5.74) is 5.17. The van der Waals surface area contributed by atoms with Crippen LogP contribution in [0.25, 0.3) is 0 Å². The number of nitrogens with zero attached hydrogens (tertiary/aromatic N) is 1. The van der Waals surface area contributed by atoms with Gasteiger partial charge in [0.05, 0.1) is 22.6 Å². The third-order valence-electron chi connectivity index (χ3n) is 2.47. The molecular formula is C12H14BrFN2O5. The Kier molecular flexibility index (Phi) is 6.50. The minimum Gasteiger partial charge on any atom is -0.487 e. The van der Waals surface area contributed by atoms with Crippen LogP contribution in [-0.4, -0.2) is 30.1 Å². The van der Waals surface area contributed by atoms with Gasteiger partial charge in [0.25, 0.3) is 0 Å². The quantitative estimate of drug-likeness (QED) is 0.451. The molecule has 0 amide bonds. The molecule has 0 bridgehead atoms. The summed E-state index contributed by atoms with van der Waals surface area (Å²) in [6.07, 6.45) is 0.0909. The number of hydrogen-bond acceptors (Lipinski definition) is 6. The number of rotatable bonds is 7. The lowest BCUT2D eigenvalue weighted by molar-refractivity contribution is -0.386. The first-order valence-electron chi connectivity index (χ1n) is 6.05. The molecule has 1 atom stereocenters. The number of nitro groups is 1. The number of esters is 1. The fraction of sp³-hybridized carbons (Fsp3) is 0.417. The normalized spacial score (nSPS) is 11.8. The maximum Gasteiger partial charge on any atom is 0.323 e. The van der Waals surface area contributed by atoms with Crippen molar-refractivity contribution in [1.29, 1.82) is 0 Å². The number of ether oxygens (including phenoxy) is 2. The second kappa shape index (κ2) is 7.89. The molecule has 0 aliphatic carbocycles. The van der Waals surface area contributed by atoms with Crippen LogP contribution in [0, 0.1) is 15.9 Å². The first kappa shape index (κ1) is 17.3. The monoisotopic (exact) mass is 364 g/mol. The van der Waals surface area contributed by atoms with Gasteiger partial charge in [-0.2, -0.15) is 0 Å². The standard InChI is InChI=1S/C12H14BrFN2O5/c1-2-20-12(17)9(15)3-4-21-11-6-8(14)7(13)5-10(11)16(18)19/h5-6,9H,2-4,15H2,1H3. The zero-order valence-electron chi connectivity index (χ0n) is 11.2. The average Bonchev–Trinajstić information content (AvgIpc) is 2.42. The third kappa shape index (κ3) is 4.94. The van der Waals surface area contributed by atoms with Crippen LogP contribution in [0.1, 0.15) is 13.3 Å². The minimum atomic E-state index is -0.899. The molecular weight excluding hydrogens is 351 g/mol. The largest absolute Gasteiger partial charge is 0.487 e. The molecule has 0 saturated carbocycles. The molecule has 0 aromatic heterocycles. The number of carbonyl (C=O) groups excluding carboxylic acids is 1. The van der Waals surface area contributed by atoms with Crippen molar-refractivity contribution in [2.45, 2.75) is 19.4 Å². The van der Waals surface area contributed by atoms with Crippen molar-refractivity contribution in [2.75, 3.05) is 13.2 Å². The van der Waals surface area contributed by atoms with Gasteiger partial charge in [0.1, 0.15) is 11.9 Å². The highest BCUT2D eigenvalue weighted by Gasteiger charge is 2.20. The van der Waals surface area contributed by atoms with E-state index in [9.17, 15) is 19.3 Å². The molecule has 1 rings (SSSR count). The molecule has 116 valence electrons. The van der Waals surface area contributed by atoms with Crippen LogP contribution >= 0.6 is 15.9 Å².